The third-order valence-electron chi connectivity index (χ3n) is 1.76. The van der Waals surface area contributed by atoms with Gasteiger partial charge in [0, 0.05) is 0 Å². The molecule has 0 aromatic rings. The van der Waals surface area contributed by atoms with E-state index in [0.29, 0.717) is 0 Å². The Hall–Kier alpha value is 0.194. The lowest BCUT2D eigenvalue weighted by Crippen LogP contribution is -2.40. The molecule has 0 aromatic heterocycles. The zero-order valence-electron chi connectivity index (χ0n) is 8.33. The van der Waals surface area contributed by atoms with Crippen molar-refractivity contribution >= 4 is 21.0 Å². The van der Waals surface area contributed by atoms with Crippen LogP contribution in [0.15, 0.2) is 0 Å². The van der Waals surface area contributed by atoms with Gasteiger partial charge in [0.25, 0.3) is 0 Å². The summed E-state index contributed by atoms with van der Waals surface area (Å²) in [5.41, 5.74) is 0. The average molecular weight is 242 g/mol. The molecule has 86 valence electrons. The van der Waals surface area contributed by atoms with Gasteiger partial charge in [0.1, 0.15) is 45.4 Å². The zero-order chi connectivity index (χ0) is 11.1. The predicted molar refractivity (Wildman–Crippen MR) is 55.8 cm³/mol. The van der Waals surface area contributed by atoms with Gasteiger partial charge in [-0.3, -0.25) is 0 Å². The average Bonchev–Trinajstić information content (AvgIpc) is 2.48. The van der Waals surface area contributed by atoms with Crippen LogP contribution in [-0.4, -0.2) is 79.0 Å². The summed E-state index contributed by atoms with van der Waals surface area (Å²) >= 11 is 0. The van der Waals surface area contributed by atoms with Crippen LogP contribution in [-0.2, 0) is 8.85 Å². The van der Waals surface area contributed by atoms with Crippen LogP contribution in [0.25, 0.3) is 0 Å². The quantitative estimate of drug-likeness (QED) is 0.362. The van der Waals surface area contributed by atoms with Crippen LogP contribution in [0.4, 0.5) is 0 Å². The minimum atomic E-state index is -1.12. The van der Waals surface area contributed by atoms with E-state index in [1.54, 1.807) is 0 Å². The number of aliphatic hydroxyl groups excluding tert-OH is 4. The van der Waals surface area contributed by atoms with Crippen molar-refractivity contribution in [1.29, 1.82) is 0 Å². The first kappa shape index (κ1) is 14.2. The standard InChI is InChI=1S/C6H12O5.H6OSi2/c7-1-3(8)6-5(10)4(9)2-11-6;2-1-3/h3-10H,1-2H2;2-3H3/t3-,4+,5-,6-;/m1./s1. The van der Waals surface area contributed by atoms with Crippen LogP contribution < -0.4 is 0 Å². The summed E-state index contributed by atoms with van der Waals surface area (Å²) in [6.07, 6.45) is -4.05. The van der Waals surface area contributed by atoms with Gasteiger partial charge in [-0.05, 0) is 0 Å². The molecular formula is C6H18O6Si2. The molecule has 14 heavy (non-hydrogen) atoms. The summed E-state index contributed by atoms with van der Waals surface area (Å²) < 4.78 is 9.35. The Kier molecular flexibility index (Phi) is 7.58. The van der Waals surface area contributed by atoms with Crippen molar-refractivity contribution in [2.24, 2.45) is 0 Å². The van der Waals surface area contributed by atoms with Crippen molar-refractivity contribution in [3.63, 3.8) is 0 Å². The lowest BCUT2D eigenvalue weighted by atomic mass is 10.1. The molecule has 1 saturated heterocycles. The van der Waals surface area contributed by atoms with E-state index in [0.717, 1.165) is 21.0 Å². The van der Waals surface area contributed by atoms with Gasteiger partial charge in [-0.2, -0.15) is 0 Å². The highest BCUT2D eigenvalue weighted by molar-refractivity contribution is 6.15. The highest BCUT2D eigenvalue weighted by atomic mass is 28.3. The highest BCUT2D eigenvalue weighted by Gasteiger charge is 2.38. The fourth-order valence-corrected chi connectivity index (χ4v) is 1.07. The van der Waals surface area contributed by atoms with E-state index < -0.39 is 31.0 Å². The third-order valence-corrected chi connectivity index (χ3v) is 1.76. The van der Waals surface area contributed by atoms with Gasteiger partial charge in [0.15, 0.2) is 0 Å². The molecule has 4 N–H and O–H groups in total. The Morgan fingerprint density at radius 3 is 2.21 bits per heavy atom. The van der Waals surface area contributed by atoms with E-state index in [4.69, 9.17) is 25.2 Å². The topological polar surface area (TPSA) is 99.4 Å². The number of aliphatic hydroxyl groups is 4. The van der Waals surface area contributed by atoms with Crippen molar-refractivity contribution in [1.82, 2.24) is 0 Å². The Labute approximate surface area is 88.6 Å². The Morgan fingerprint density at radius 2 is 1.93 bits per heavy atom. The molecule has 1 aliphatic heterocycles. The van der Waals surface area contributed by atoms with Crippen molar-refractivity contribution in [3.8, 4) is 0 Å². The van der Waals surface area contributed by atoms with Gasteiger partial charge in [-0.25, -0.2) is 0 Å². The fourth-order valence-electron chi connectivity index (χ4n) is 1.07. The van der Waals surface area contributed by atoms with Crippen molar-refractivity contribution < 1.29 is 29.3 Å². The largest absolute Gasteiger partial charge is 0.471 e. The van der Waals surface area contributed by atoms with Gasteiger partial charge in [0.05, 0.1) is 13.2 Å². The summed E-state index contributed by atoms with van der Waals surface area (Å²) in [6.45, 7) is -0.475. The Morgan fingerprint density at radius 1 is 1.43 bits per heavy atom. The van der Waals surface area contributed by atoms with Crippen molar-refractivity contribution in [3.05, 3.63) is 0 Å². The second-order valence-electron chi connectivity index (χ2n) is 3.01. The lowest BCUT2D eigenvalue weighted by Gasteiger charge is -2.18. The first-order valence-corrected chi connectivity index (χ1v) is 5.88. The molecule has 0 radical (unpaired) electrons. The summed E-state index contributed by atoms with van der Waals surface area (Å²) in [5, 5.41) is 35.5. The van der Waals surface area contributed by atoms with Crippen molar-refractivity contribution in [2.75, 3.05) is 13.2 Å². The molecule has 1 aliphatic rings. The number of hydrogen-bond donors (Lipinski definition) is 4. The van der Waals surface area contributed by atoms with Gasteiger partial charge in [-0.1, -0.05) is 0 Å². The van der Waals surface area contributed by atoms with Crippen LogP contribution in [0.5, 0.6) is 0 Å². The van der Waals surface area contributed by atoms with Crippen LogP contribution in [0.1, 0.15) is 0 Å². The smallest absolute Gasteiger partial charge is 0.129 e. The molecule has 8 heteroatoms. The van der Waals surface area contributed by atoms with Gasteiger partial charge >= 0.3 is 0 Å². The molecule has 0 aromatic carbocycles. The van der Waals surface area contributed by atoms with Gasteiger partial charge in [0.2, 0.25) is 0 Å². The number of rotatable bonds is 2. The van der Waals surface area contributed by atoms with Crippen LogP contribution in [0.3, 0.4) is 0 Å². The molecule has 1 rings (SSSR count). The SMILES string of the molecule is OC[C@@H](O)[C@H]1OC[C@H](O)[C@H]1O.[SiH3]O[SiH3]. The molecule has 0 unspecified atom stereocenters. The van der Waals surface area contributed by atoms with Crippen LogP contribution >= 0.6 is 0 Å². The minimum absolute atomic E-state index is 0.00287. The fraction of sp³-hybridized carbons (Fsp3) is 1.00. The first-order chi connectivity index (χ1) is 6.58. The molecule has 6 nitrogen and oxygen atoms in total. The van der Waals surface area contributed by atoms with Gasteiger partial charge < -0.3 is 29.3 Å². The summed E-state index contributed by atoms with van der Waals surface area (Å²) in [7, 11) is 1.86. The van der Waals surface area contributed by atoms with E-state index in [1.165, 1.54) is 0 Å². The molecule has 0 aliphatic carbocycles. The minimum Gasteiger partial charge on any atom is -0.471 e. The van der Waals surface area contributed by atoms with E-state index in [-0.39, 0.29) is 6.61 Å². The summed E-state index contributed by atoms with van der Waals surface area (Å²) in [4.78, 5) is 0. The van der Waals surface area contributed by atoms with Gasteiger partial charge in [-0.15, -0.1) is 0 Å². The predicted octanol–water partition coefficient (Wildman–Crippen LogP) is -4.98. The zero-order valence-corrected chi connectivity index (χ0v) is 12.3. The van der Waals surface area contributed by atoms with E-state index in [9.17, 15) is 0 Å². The second-order valence-corrected chi connectivity index (χ2v) is 6.28. The monoisotopic (exact) mass is 242 g/mol. The molecule has 0 bridgehead atoms. The lowest BCUT2D eigenvalue weighted by molar-refractivity contribution is -0.0684. The number of ether oxygens (including phenoxy) is 1. The maximum Gasteiger partial charge on any atom is 0.129 e. The van der Waals surface area contributed by atoms with E-state index >= 15 is 0 Å². The molecular weight excluding hydrogens is 224 g/mol. The molecule has 4 atom stereocenters. The van der Waals surface area contributed by atoms with E-state index in [1.807, 2.05) is 0 Å². The van der Waals surface area contributed by atoms with E-state index in [2.05, 4.69) is 4.12 Å². The Bertz CT molecular complexity index is 148. The Balaban J connectivity index is 0.000000500. The molecule has 1 fully saturated rings. The number of hydrogen-bond acceptors (Lipinski definition) is 6. The first-order valence-electron chi connectivity index (χ1n) is 4.25. The molecule has 1 heterocycles. The normalized spacial score (nSPS) is 33.9. The highest BCUT2D eigenvalue weighted by Crippen LogP contribution is 2.16. The molecule has 0 saturated carbocycles. The van der Waals surface area contributed by atoms with Crippen LogP contribution in [0, 0.1) is 0 Å². The van der Waals surface area contributed by atoms with Crippen LogP contribution in [0.2, 0.25) is 0 Å². The molecule has 0 spiro atoms. The third kappa shape index (κ3) is 4.15. The maximum absolute atomic E-state index is 9.11. The second kappa shape index (κ2) is 7.48. The summed E-state index contributed by atoms with van der Waals surface area (Å²) in [5.74, 6) is 0. The molecule has 0 amide bonds. The van der Waals surface area contributed by atoms with Crippen molar-refractivity contribution in [2.45, 2.75) is 24.4 Å². The maximum atomic E-state index is 9.11. The summed E-state index contributed by atoms with van der Waals surface area (Å²) in [6, 6.07) is 0.